The van der Waals surface area contributed by atoms with Crippen LogP contribution in [0.15, 0.2) is 39.8 Å². The number of hydrogen-bond donors (Lipinski definition) is 0. The van der Waals surface area contributed by atoms with Crippen molar-refractivity contribution in [2.45, 2.75) is 46.1 Å². The number of benzene rings is 1. The van der Waals surface area contributed by atoms with Gasteiger partial charge < -0.3 is 9.64 Å². The third kappa shape index (κ3) is 4.89. The average Bonchev–Trinajstić information content (AvgIpc) is 2.68. The second-order valence-corrected chi connectivity index (χ2v) is 8.15. The Kier molecular flexibility index (Phi) is 6.53. The van der Waals surface area contributed by atoms with Crippen LogP contribution in [0.25, 0.3) is 0 Å². The molecule has 3 rings (SSSR count). The van der Waals surface area contributed by atoms with Crippen molar-refractivity contribution in [3.63, 3.8) is 0 Å². The van der Waals surface area contributed by atoms with Crippen LogP contribution in [0.4, 0.5) is 5.69 Å². The lowest BCUT2D eigenvalue weighted by Gasteiger charge is -2.29. The zero-order valence-electron chi connectivity index (χ0n) is 16.6. The average molecular weight is 430 g/mol. The second kappa shape index (κ2) is 8.87. The molecule has 27 heavy (non-hydrogen) atoms. The van der Waals surface area contributed by atoms with E-state index in [-0.39, 0.29) is 6.10 Å². The number of fused-ring (bicyclic) bond motifs is 1. The number of halogens is 1. The van der Waals surface area contributed by atoms with Crippen molar-refractivity contribution in [1.82, 2.24) is 9.88 Å². The van der Waals surface area contributed by atoms with Gasteiger partial charge in [-0.15, -0.1) is 0 Å². The summed E-state index contributed by atoms with van der Waals surface area (Å²) < 4.78 is 7.11. The lowest BCUT2D eigenvalue weighted by atomic mass is 9.81. The monoisotopic (exact) mass is 429 g/mol. The maximum Gasteiger partial charge on any atom is 0.228 e. The first-order valence-corrected chi connectivity index (χ1v) is 10.4. The fourth-order valence-corrected chi connectivity index (χ4v) is 3.80. The van der Waals surface area contributed by atoms with Crippen molar-refractivity contribution in [3.8, 4) is 5.88 Å². The van der Waals surface area contributed by atoms with Crippen molar-refractivity contribution >= 4 is 28.0 Å². The van der Waals surface area contributed by atoms with Crippen LogP contribution in [0.2, 0.25) is 0 Å². The number of aliphatic imine (C=N–C) groups is 1. The minimum absolute atomic E-state index is 0.113. The van der Waals surface area contributed by atoms with Crippen LogP contribution in [-0.2, 0) is 12.8 Å². The highest BCUT2D eigenvalue weighted by Gasteiger charge is 2.25. The van der Waals surface area contributed by atoms with Gasteiger partial charge in [0.05, 0.1) is 22.2 Å². The largest absolute Gasteiger partial charge is 0.474 e. The van der Waals surface area contributed by atoms with Crippen LogP contribution < -0.4 is 4.74 Å². The summed E-state index contributed by atoms with van der Waals surface area (Å²) in [5.41, 5.74) is 4.66. The fourth-order valence-electron chi connectivity index (χ4n) is 3.40. The Morgan fingerprint density at radius 3 is 2.85 bits per heavy atom. The van der Waals surface area contributed by atoms with Gasteiger partial charge in [0.2, 0.25) is 5.88 Å². The molecule has 1 aromatic heterocycles. The molecule has 0 radical (unpaired) electrons. The lowest BCUT2D eigenvalue weighted by Crippen LogP contribution is -2.29. The molecule has 0 amide bonds. The normalized spacial score (nSPS) is 17.6. The zero-order valence-corrected chi connectivity index (χ0v) is 18.2. The van der Waals surface area contributed by atoms with Gasteiger partial charge in [0.15, 0.2) is 0 Å². The van der Waals surface area contributed by atoms with Crippen LogP contribution in [0.5, 0.6) is 5.88 Å². The predicted molar refractivity (Wildman–Crippen MR) is 115 cm³/mol. The Bertz CT molecular complexity index is 821. The molecule has 2 atom stereocenters. The van der Waals surface area contributed by atoms with E-state index in [0.717, 1.165) is 41.7 Å². The van der Waals surface area contributed by atoms with E-state index < -0.39 is 0 Å². The minimum atomic E-state index is 0.113. The highest BCUT2D eigenvalue weighted by atomic mass is 79.9. The highest BCUT2D eigenvalue weighted by molar-refractivity contribution is 9.10. The molecule has 2 aromatic rings. The van der Waals surface area contributed by atoms with E-state index in [0.29, 0.717) is 11.8 Å². The molecule has 0 bridgehead atoms. The number of hydrogen-bond acceptors (Lipinski definition) is 3. The molecule has 1 heterocycles. The summed E-state index contributed by atoms with van der Waals surface area (Å²) in [6, 6.07) is 10.7. The van der Waals surface area contributed by atoms with E-state index in [1.54, 1.807) is 0 Å². The minimum Gasteiger partial charge on any atom is -0.474 e. The van der Waals surface area contributed by atoms with Crippen LogP contribution in [0.1, 0.15) is 37.1 Å². The van der Waals surface area contributed by atoms with E-state index in [1.807, 2.05) is 31.3 Å². The predicted octanol–water partition coefficient (Wildman–Crippen LogP) is 5.34. The standard InChI is InChI=1S/C22H28BrN3O/c1-5-26(4)14-24-21-13-20(23)22(25-15(21)2)27-16(3)18-11-10-17-8-6-7-9-19(17)12-18/h6-9,13-14,16,18H,5,10-12H2,1-4H3. The van der Waals surface area contributed by atoms with Gasteiger partial charge in [0, 0.05) is 13.6 Å². The van der Waals surface area contributed by atoms with E-state index in [4.69, 9.17) is 4.74 Å². The molecule has 0 fully saturated rings. The van der Waals surface area contributed by atoms with Crippen LogP contribution >= 0.6 is 15.9 Å². The van der Waals surface area contributed by atoms with E-state index in [1.165, 1.54) is 11.1 Å². The smallest absolute Gasteiger partial charge is 0.228 e. The molecule has 0 saturated carbocycles. The van der Waals surface area contributed by atoms with Gasteiger partial charge >= 0.3 is 0 Å². The number of aromatic nitrogens is 1. The Morgan fingerprint density at radius 2 is 2.11 bits per heavy atom. The van der Waals surface area contributed by atoms with Crippen molar-refractivity contribution in [3.05, 3.63) is 51.6 Å². The molecule has 4 nitrogen and oxygen atoms in total. The molecule has 1 aliphatic rings. The molecule has 1 aliphatic carbocycles. The van der Waals surface area contributed by atoms with Gasteiger partial charge in [0.1, 0.15) is 6.10 Å². The fraction of sp³-hybridized carbons (Fsp3) is 0.455. The van der Waals surface area contributed by atoms with E-state index in [2.05, 4.69) is 64.0 Å². The van der Waals surface area contributed by atoms with Gasteiger partial charge in [-0.25, -0.2) is 9.98 Å². The Balaban J connectivity index is 1.70. The van der Waals surface area contributed by atoms with Crippen LogP contribution in [0.3, 0.4) is 0 Å². The van der Waals surface area contributed by atoms with Crippen molar-refractivity contribution < 1.29 is 4.74 Å². The van der Waals surface area contributed by atoms with E-state index >= 15 is 0 Å². The zero-order chi connectivity index (χ0) is 19.4. The number of ether oxygens (including phenoxy) is 1. The lowest BCUT2D eigenvalue weighted by molar-refractivity contribution is 0.133. The first-order valence-electron chi connectivity index (χ1n) is 9.63. The second-order valence-electron chi connectivity index (χ2n) is 7.29. The number of pyridine rings is 1. The van der Waals surface area contributed by atoms with Crippen molar-refractivity contribution in [2.24, 2.45) is 10.9 Å². The molecule has 5 heteroatoms. The molecule has 0 saturated heterocycles. The highest BCUT2D eigenvalue weighted by Crippen LogP contribution is 2.33. The van der Waals surface area contributed by atoms with Gasteiger partial charge in [-0.2, -0.15) is 0 Å². The topological polar surface area (TPSA) is 37.7 Å². The van der Waals surface area contributed by atoms with Crippen LogP contribution in [-0.4, -0.2) is 35.9 Å². The summed E-state index contributed by atoms with van der Waals surface area (Å²) in [4.78, 5) is 11.2. The Morgan fingerprint density at radius 1 is 1.37 bits per heavy atom. The Hall–Kier alpha value is -1.88. The van der Waals surface area contributed by atoms with Crippen LogP contribution in [0, 0.1) is 12.8 Å². The van der Waals surface area contributed by atoms with Crippen molar-refractivity contribution in [1.29, 1.82) is 0 Å². The maximum atomic E-state index is 6.26. The van der Waals surface area contributed by atoms with Gasteiger partial charge in [0.25, 0.3) is 0 Å². The summed E-state index contributed by atoms with van der Waals surface area (Å²) in [7, 11) is 2.00. The molecular weight excluding hydrogens is 402 g/mol. The van der Waals surface area contributed by atoms with Gasteiger partial charge in [-0.05, 0) is 79.1 Å². The molecule has 0 N–H and O–H groups in total. The van der Waals surface area contributed by atoms with E-state index in [9.17, 15) is 0 Å². The molecule has 144 valence electrons. The molecule has 0 aliphatic heterocycles. The van der Waals surface area contributed by atoms with Gasteiger partial charge in [-0.3, -0.25) is 0 Å². The summed E-state index contributed by atoms with van der Waals surface area (Å²) in [6.07, 6.45) is 5.29. The Labute approximate surface area is 170 Å². The first-order chi connectivity index (χ1) is 13.0. The quantitative estimate of drug-likeness (QED) is 0.459. The molecular formula is C22H28BrN3O. The molecule has 0 spiro atoms. The number of aryl methyl sites for hydroxylation is 2. The third-order valence-corrected chi connectivity index (χ3v) is 5.91. The SMILES string of the molecule is CCN(C)C=Nc1cc(Br)c(OC(C)C2CCc3ccccc3C2)nc1C. The molecule has 2 unspecified atom stereocenters. The van der Waals surface area contributed by atoms with Gasteiger partial charge in [-0.1, -0.05) is 24.3 Å². The summed E-state index contributed by atoms with van der Waals surface area (Å²) in [6.45, 7) is 7.14. The summed E-state index contributed by atoms with van der Waals surface area (Å²) in [5.74, 6) is 1.16. The number of nitrogens with zero attached hydrogens (tertiary/aromatic N) is 3. The summed E-state index contributed by atoms with van der Waals surface area (Å²) in [5, 5.41) is 0. The summed E-state index contributed by atoms with van der Waals surface area (Å²) >= 11 is 3.61. The maximum absolute atomic E-state index is 6.26. The number of rotatable bonds is 6. The van der Waals surface area contributed by atoms with Crippen molar-refractivity contribution in [2.75, 3.05) is 13.6 Å². The first kappa shape index (κ1) is 19.9. The third-order valence-electron chi connectivity index (χ3n) is 5.35. The molecule has 1 aromatic carbocycles.